The van der Waals surface area contributed by atoms with Crippen LogP contribution in [0.2, 0.25) is 5.02 Å². The topological polar surface area (TPSA) is 130 Å². The second-order valence-corrected chi connectivity index (χ2v) is 15.6. The number of ketones is 2. The third-order valence-electron chi connectivity index (χ3n) is 10.7. The molecule has 0 spiro atoms. The number of aryl methyl sites for hydroxylation is 1. The number of amides is 2. The van der Waals surface area contributed by atoms with Gasteiger partial charge in [-0.2, -0.15) is 0 Å². The number of hydrogen-bond donors (Lipinski definition) is 2. The average molecular weight is 793 g/mol. The van der Waals surface area contributed by atoms with E-state index >= 15 is 0 Å². The number of unbranched alkanes of at least 4 members (excludes halogenated alkanes) is 2. The van der Waals surface area contributed by atoms with Crippen molar-refractivity contribution in [1.82, 2.24) is 10.2 Å². The number of nitrogens with one attached hydrogen (secondary N) is 1. The van der Waals surface area contributed by atoms with Gasteiger partial charge in [-0.3, -0.25) is 19.2 Å². The Morgan fingerprint density at radius 1 is 0.877 bits per heavy atom. The van der Waals surface area contributed by atoms with Gasteiger partial charge in [0.2, 0.25) is 11.8 Å². The van der Waals surface area contributed by atoms with E-state index in [1.807, 2.05) is 80.6 Å². The summed E-state index contributed by atoms with van der Waals surface area (Å²) < 4.78 is 6.20. The number of nitrogens with zero attached hydrogens (tertiary/aromatic N) is 1. The van der Waals surface area contributed by atoms with Crippen LogP contribution in [-0.4, -0.2) is 59.1 Å². The fourth-order valence-electron chi connectivity index (χ4n) is 7.44. The number of carbonyl (C=O) groups is 5. The zero-order chi connectivity index (χ0) is 41.2. The number of benzene rings is 4. The monoisotopic (exact) mass is 792 g/mol. The molecule has 4 atom stereocenters. The Hall–Kier alpha value is -5.28. The summed E-state index contributed by atoms with van der Waals surface area (Å²) in [7, 11) is 1.59. The minimum Gasteiger partial charge on any atom is -0.493 e. The molecule has 57 heavy (non-hydrogen) atoms. The largest absolute Gasteiger partial charge is 0.493 e. The molecule has 0 unspecified atom stereocenters. The zero-order valence-corrected chi connectivity index (χ0v) is 34.2. The molecule has 10 heteroatoms. The molecule has 1 aliphatic rings. The lowest BCUT2D eigenvalue weighted by Crippen LogP contribution is -2.45. The van der Waals surface area contributed by atoms with E-state index in [1.54, 1.807) is 32.2 Å². The lowest BCUT2D eigenvalue weighted by atomic mass is 9.87. The second-order valence-electron chi connectivity index (χ2n) is 15.2. The highest BCUT2D eigenvalue weighted by atomic mass is 35.5. The molecular weight excluding hydrogens is 740 g/mol. The summed E-state index contributed by atoms with van der Waals surface area (Å²) in [5.41, 5.74) is 6.02. The number of Topliss-reactive ketones (excluding diaryl/α,β-unsaturated/α-hetero) is 2. The molecule has 1 aliphatic heterocycles. The van der Waals surface area contributed by atoms with E-state index in [4.69, 9.17) is 16.3 Å². The average Bonchev–Trinajstić information content (AvgIpc) is 3.20. The number of carboxylic acid groups (broad SMARTS) is 1. The lowest BCUT2D eigenvalue weighted by molar-refractivity contribution is -0.144. The van der Waals surface area contributed by atoms with Gasteiger partial charge < -0.3 is 20.1 Å². The minimum absolute atomic E-state index is 0.0372. The van der Waals surface area contributed by atoms with Crippen LogP contribution >= 0.6 is 11.6 Å². The highest BCUT2D eigenvalue weighted by molar-refractivity contribution is 6.30. The van der Waals surface area contributed by atoms with Crippen LogP contribution in [0.25, 0.3) is 22.3 Å². The molecule has 0 fully saturated rings. The second kappa shape index (κ2) is 19.7. The molecule has 0 saturated heterocycles. The van der Waals surface area contributed by atoms with E-state index in [2.05, 4.69) is 12.2 Å². The normalized spacial score (nSPS) is 17.5. The Bertz CT molecular complexity index is 2080. The Labute approximate surface area is 340 Å². The van der Waals surface area contributed by atoms with Gasteiger partial charge in [0, 0.05) is 54.3 Å². The predicted molar refractivity (Wildman–Crippen MR) is 223 cm³/mol. The van der Waals surface area contributed by atoms with Crippen LogP contribution in [-0.2, 0) is 25.6 Å². The molecule has 0 aromatic heterocycles. The first-order valence-corrected chi connectivity index (χ1v) is 20.3. The maximum absolute atomic E-state index is 14.7. The first kappa shape index (κ1) is 42.9. The number of carboxylic acids is 1. The van der Waals surface area contributed by atoms with Crippen molar-refractivity contribution < 1.29 is 33.8 Å². The van der Waals surface area contributed by atoms with Gasteiger partial charge in [-0.1, -0.05) is 112 Å². The van der Waals surface area contributed by atoms with Crippen molar-refractivity contribution in [2.45, 2.75) is 91.1 Å². The summed E-state index contributed by atoms with van der Waals surface area (Å²) in [6.07, 6.45) is 3.53. The number of halogens is 1. The highest BCUT2D eigenvalue weighted by Crippen LogP contribution is 2.38. The van der Waals surface area contributed by atoms with Gasteiger partial charge in [-0.15, -0.1) is 0 Å². The van der Waals surface area contributed by atoms with Gasteiger partial charge >= 0.3 is 5.97 Å². The molecule has 4 aromatic carbocycles. The number of aliphatic carboxylic acids is 1. The van der Waals surface area contributed by atoms with Crippen LogP contribution in [0, 0.1) is 18.8 Å². The number of hydrogen-bond acceptors (Lipinski definition) is 6. The zero-order valence-electron chi connectivity index (χ0n) is 33.5. The summed E-state index contributed by atoms with van der Waals surface area (Å²) >= 11 is 6.07. The van der Waals surface area contributed by atoms with E-state index in [9.17, 15) is 29.1 Å². The highest BCUT2D eigenvalue weighted by Gasteiger charge is 2.36. The van der Waals surface area contributed by atoms with Crippen LogP contribution in [0.1, 0.15) is 98.8 Å². The van der Waals surface area contributed by atoms with Crippen molar-refractivity contribution in [3.8, 4) is 28.0 Å². The van der Waals surface area contributed by atoms with Crippen LogP contribution in [0.4, 0.5) is 0 Å². The Kier molecular flexibility index (Phi) is 14.8. The molecule has 300 valence electrons. The van der Waals surface area contributed by atoms with Gasteiger partial charge in [0.05, 0.1) is 6.61 Å². The Morgan fingerprint density at radius 3 is 2.21 bits per heavy atom. The quantitative estimate of drug-likeness (QED) is 0.0961. The van der Waals surface area contributed by atoms with Gasteiger partial charge in [0.25, 0.3) is 0 Å². The van der Waals surface area contributed by atoms with E-state index in [0.29, 0.717) is 46.1 Å². The number of carbonyl (C=O) groups excluding carboxylic acids is 4. The number of fused-ring (bicyclic) bond motifs is 5. The lowest BCUT2D eigenvalue weighted by Gasteiger charge is -2.32. The van der Waals surface area contributed by atoms with Crippen LogP contribution < -0.4 is 10.1 Å². The molecule has 0 saturated carbocycles. The number of likely N-dealkylation sites (N-methyl/N-ethyl adjacent to an activating group) is 1. The molecule has 4 aromatic rings. The molecule has 5 rings (SSSR count). The Balaban J connectivity index is 1.54. The molecule has 9 nitrogen and oxygen atoms in total. The number of ether oxygens (including phenoxy) is 1. The Morgan fingerprint density at radius 2 is 1.56 bits per heavy atom. The van der Waals surface area contributed by atoms with Gasteiger partial charge in [-0.05, 0) is 77.4 Å². The van der Waals surface area contributed by atoms with Crippen LogP contribution in [0.15, 0.2) is 84.9 Å². The van der Waals surface area contributed by atoms with Gasteiger partial charge in [0.15, 0.2) is 11.6 Å². The van der Waals surface area contributed by atoms with E-state index in [1.165, 1.54) is 4.90 Å². The third kappa shape index (κ3) is 10.8. The van der Waals surface area contributed by atoms with Crippen LogP contribution in [0.3, 0.4) is 0 Å². The van der Waals surface area contributed by atoms with E-state index < -0.39 is 35.8 Å². The summed E-state index contributed by atoms with van der Waals surface area (Å²) in [6, 6.07) is 23.5. The smallest absolute Gasteiger partial charge is 0.326 e. The first-order chi connectivity index (χ1) is 27.3. The molecule has 1 heterocycles. The van der Waals surface area contributed by atoms with Crippen LogP contribution in [0.5, 0.6) is 5.75 Å². The summed E-state index contributed by atoms with van der Waals surface area (Å²) in [5, 5.41) is 13.3. The fourth-order valence-corrected chi connectivity index (χ4v) is 7.56. The third-order valence-corrected chi connectivity index (χ3v) is 11.0. The summed E-state index contributed by atoms with van der Waals surface area (Å²) in [4.78, 5) is 70.2. The molecule has 0 aliphatic carbocycles. The summed E-state index contributed by atoms with van der Waals surface area (Å²) in [6.45, 7) is 8.06. The van der Waals surface area contributed by atoms with Gasteiger partial charge in [-0.25, -0.2) is 4.79 Å². The van der Waals surface area contributed by atoms with Crippen molar-refractivity contribution in [2.24, 2.45) is 11.8 Å². The molecule has 2 N–H and O–H groups in total. The van der Waals surface area contributed by atoms with Gasteiger partial charge in [0.1, 0.15) is 17.8 Å². The fraction of sp³-hybridized carbons (Fsp3) is 0.383. The molecule has 0 radical (unpaired) electrons. The first-order valence-electron chi connectivity index (χ1n) is 19.9. The predicted octanol–water partition coefficient (Wildman–Crippen LogP) is 9.46. The minimum atomic E-state index is -1.22. The number of rotatable bonds is 14. The molecule has 2 amide bonds. The summed E-state index contributed by atoms with van der Waals surface area (Å²) in [5.74, 6) is -3.64. The maximum Gasteiger partial charge on any atom is 0.326 e. The van der Waals surface area contributed by atoms with Crippen molar-refractivity contribution >= 4 is 41.0 Å². The van der Waals surface area contributed by atoms with Crippen molar-refractivity contribution in [3.63, 3.8) is 0 Å². The standard InChI is InChI=1S/C47H53ClN2O7/c1-6-8-9-10-36(28-41(51)34-15-13-32(14-16-34)33-17-20-37(48)21-18-33)46(54)50(5)44-35-19-22-43(57-23-7-2)39(27-35)38-25-31(12-11-29(38)3)26-40(47(55)56)49-45(53)30(4)24-42(44)52/h11-22,25,27,30,36,40,44H,6-10,23-24,26,28H2,1-5H3,(H,49,53)(H,55,56)/t30-,36-,40+,44+/m1/s1. The van der Waals surface area contributed by atoms with Crippen molar-refractivity contribution in [2.75, 3.05) is 13.7 Å². The van der Waals surface area contributed by atoms with E-state index in [0.717, 1.165) is 47.9 Å². The van der Waals surface area contributed by atoms with E-state index in [-0.39, 0.29) is 36.7 Å². The molecular formula is C47H53ClN2O7. The molecule has 4 bridgehead atoms. The maximum atomic E-state index is 14.7. The van der Waals surface area contributed by atoms with Crippen molar-refractivity contribution in [1.29, 1.82) is 0 Å². The SMILES string of the molecule is CCCCC[C@H](CC(=O)c1ccc(-c2ccc(Cl)cc2)cc1)C(=O)N(C)[C@@H]1C(=O)C[C@@H](C)C(=O)N[C@H](C(=O)O)Cc2ccc(C)c(c2)-c2cc1ccc2OCCC. The van der Waals surface area contributed by atoms with Crippen molar-refractivity contribution in [3.05, 3.63) is 112 Å².